The van der Waals surface area contributed by atoms with Crippen molar-refractivity contribution in [2.24, 2.45) is 0 Å². The maximum Gasteiger partial charge on any atom is 0.291 e. The van der Waals surface area contributed by atoms with Crippen LogP contribution in [0.15, 0.2) is 63.4 Å². The van der Waals surface area contributed by atoms with E-state index in [0.717, 1.165) is 16.5 Å². The average Bonchev–Trinajstić information content (AvgIpc) is 3.33. The van der Waals surface area contributed by atoms with Crippen molar-refractivity contribution in [1.29, 1.82) is 0 Å². The van der Waals surface area contributed by atoms with Crippen LogP contribution in [0.2, 0.25) is 0 Å². The minimum Gasteiger partial charge on any atom is -0.451 e. The van der Waals surface area contributed by atoms with Gasteiger partial charge in [-0.1, -0.05) is 24.3 Å². The topological polar surface area (TPSA) is 72.5 Å². The summed E-state index contributed by atoms with van der Waals surface area (Å²) in [5.74, 6) is -1.43. The maximum absolute atomic E-state index is 14.1. The van der Waals surface area contributed by atoms with Gasteiger partial charge in [-0.2, -0.15) is 0 Å². The van der Waals surface area contributed by atoms with Crippen molar-refractivity contribution in [3.63, 3.8) is 0 Å². The summed E-state index contributed by atoms with van der Waals surface area (Å²) < 4.78 is 25.8. The van der Waals surface area contributed by atoms with Gasteiger partial charge in [-0.15, -0.1) is 0 Å². The highest BCUT2D eigenvalue weighted by Gasteiger charge is 2.26. The molecule has 2 aromatic heterocycles. The Bertz CT molecular complexity index is 1620. The van der Waals surface area contributed by atoms with Gasteiger partial charge in [0.25, 0.3) is 5.91 Å². The molecule has 0 aliphatic rings. The van der Waals surface area contributed by atoms with Crippen molar-refractivity contribution in [1.82, 2.24) is 0 Å². The van der Waals surface area contributed by atoms with Gasteiger partial charge in [0.15, 0.2) is 11.5 Å². The van der Waals surface area contributed by atoms with Crippen LogP contribution < -0.4 is 5.32 Å². The molecular weight excluding hydrogens is 433 g/mol. The van der Waals surface area contributed by atoms with Crippen molar-refractivity contribution in [2.45, 2.75) is 27.7 Å². The lowest BCUT2D eigenvalue weighted by Gasteiger charge is -2.06. The number of furan rings is 2. The smallest absolute Gasteiger partial charge is 0.291 e. The zero-order chi connectivity index (χ0) is 24.1. The Kier molecular flexibility index (Phi) is 5.09. The number of carbonyl (C=O) groups is 2. The predicted molar refractivity (Wildman–Crippen MR) is 129 cm³/mol. The van der Waals surface area contributed by atoms with Crippen LogP contribution in [0.5, 0.6) is 0 Å². The Labute approximate surface area is 195 Å². The number of carbonyl (C=O) groups excluding carboxylic acids is 2. The van der Waals surface area contributed by atoms with Gasteiger partial charge in [0.05, 0.1) is 5.69 Å². The quantitative estimate of drug-likeness (QED) is 0.295. The summed E-state index contributed by atoms with van der Waals surface area (Å²) >= 11 is 0. The first-order chi connectivity index (χ1) is 16.2. The van der Waals surface area contributed by atoms with Gasteiger partial charge in [-0.05, 0) is 74.7 Å². The van der Waals surface area contributed by atoms with Crippen LogP contribution >= 0.6 is 0 Å². The van der Waals surface area contributed by atoms with Crippen molar-refractivity contribution in [2.75, 3.05) is 5.32 Å². The van der Waals surface area contributed by atoms with Crippen molar-refractivity contribution in [3.05, 3.63) is 99.8 Å². The molecule has 0 radical (unpaired) electrons. The summed E-state index contributed by atoms with van der Waals surface area (Å²) in [6, 6.07) is 15.1. The lowest BCUT2D eigenvalue weighted by molar-refractivity contribution is 0.0997. The van der Waals surface area contributed by atoms with E-state index in [0.29, 0.717) is 27.7 Å². The van der Waals surface area contributed by atoms with Gasteiger partial charge < -0.3 is 14.2 Å². The van der Waals surface area contributed by atoms with Crippen LogP contribution in [0.3, 0.4) is 0 Å². The number of amides is 1. The number of halogens is 1. The summed E-state index contributed by atoms with van der Waals surface area (Å²) in [5.41, 5.74) is 4.70. The number of nitrogens with one attached hydrogen (secondary N) is 1. The minimum atomic E-state index is -0.530. The molecule has 5 nitrogen and oxygen atoms in total. The van der Waals surface area contributed by atoms with Gasteiger partial charge in [0.1, 0.15) is 17.0 Å². The molecule has 0 spiro atoms. The van der Waals surface area contributed by atoms with Crippen molar-refractivity contribution in [3.8, 4) is 0 Å². The highest BCUT2D eigenvalue weighted by atomic mass is 19.1. The summed E-state index contributed by atoms with van der Waals surface area (Å²) in [6.45, 7) is 7.43. The van der Waals surface area contributed by atoms with Crippen molar-refractivity contribution < 1.29 is 22.8 Å². The lowest BCUT2D eigenvalue weighted by Crippen LogP contribution is -2.14. The SMILES string of the molecule is Cc1cc2oc(C(=O)Nc3c(C(=O)c4ccc(C)c(F)c4)oc4ccccc34)c(C)c2cc1C. The molecule has 34 heavy (non-hydrogen) atoms. The van der Waals surface area contributed by atoms with Crippen LogP contribution in [-0.2, 0) is 0 Å². The monoisotopic (exact) mass is 455 g/mol. The van der Waals surface area contributed by atoms with Crippen LogP contribution in [0, 0.1) is 33.5 Å². The predicted octanol–water partition coefficient (Wildman–Crippen LogP) is 7.04. The number of aryl methyl sites for hydroxylation is 4. The van der Waals surface area contributed by atoms with Gasteiger partial charge in [-0.3, -0.25) is 9.59 Å². The molecule has 1 amide bonds. The van der Waals surface area contributed by atoms with Gasteiger partial charge in [-0.25, -0.2) is 4.39 Å². The fourth-order valence-electron chi connectivity index (χ4n) is 4.06. The molecule has 3 aromatic carbocycles. The number of hydrogen-bond donors (Lipinski definition) is 1. The number of fused-ring (bicyclic) bond motifs is 2. The number of para-hydroxylation sites is 1. The number of rotatable bonds is 4. The molecular formula is C28H22FNO4. The molecule has 0 saturated carbocycles. The first-order valence-corrected chi connectivity index (χ1v) is 10.9. The van der Waals surface area contributed by atoms with E-state index in [4.69, 9.17) is 8.83 Å². The molecule has 5 aromatic rings. The third kappa shape index (κ3) is 3.48. The second kappa shape index (κ2) is 7.99. The summed E-state index contributed by atoms with van der Waals surface area (Å²) in [6.07, 6.45) is 0. The fraction of sp³-hybridized carbons (Fsp3) is 0.143. The van der Waals surface area contributed by atoms with Gasteiger partial charge in [0.2, 0.25) is 5.78 Å². The zero-order valence-electron chi connectivity index (χ0n) is 19.2. The normalized spacial score (nSPS) is 11.3. The van der Waals surface area contributed by atoms with Crippen LogP contribution in [0.4, 0.5) is 10.1 Å². The minimum absolute atomic E-state index is 0.0711. The van der Waals surface area contributed by atoms with E-state index in [1.807, 2.05) is 32.9 Å². The second-order valence-electron chi connectivity index (χ2n) is 8.54. The van der Waals surface area contributed by atoms with Crippen LogP contribution in [-0.4, -0.2) is 11.7 Å². The number of anilines is 1. The fourth-order valence-corrected chi connectivity index (χ4v) is 4.06. The van der Waals surface area contributed by atoms with E-state index < -0.39 is 17.5 Å². The molecule has 5 rings (SSSR count). The highest BCUT2D eigenvalue weighted by molar-refractivity contribution is 6.19. The summed E-state index contributed by atoms with van der Waals surface area (Å²) in [4.78, 5) is 26.6. The van der Waals surface area contributed by atoms with Crippen molar-refractivity contribution >= 4 is 39.3 Å². The molecule has 0 aliphatic heterocycles. The Hall–Kier alpha value is -4.19. The summed E-state index contributed by atoms with van der Waals surface area (Å²) in [5, 5.41) is 4.24. The maximum atomic E-state index is 14.1. The first kappa shape index (κ1) is 21.6. The number of hydrogen-bond acceptors (Lipinski definition) is 4. The standard InChI is InChI=1S/C28H22FNO4/c1-14-9-10-18(13-21(14)29)25(31)27-24(19-7-5-6-8-22(19)33-27)30-28(32)26-17(4)20-11-15(2)16(3)12-23(20)34-26/h5-13H,1-4H3,(H,30,32). The Morgan fingerprint density at radius 1 is 0.765 bits per heavy atom. The third-order valence-corrected chi connectivity index (χ3v) is 6.23. The first-order valence-electron chi connectivity index (χ1n) is 10.9. The molecule has 0 aliphatic carbocycles. The highest BCUT2D eigenvalue weighted by Crippen LogP contribution is 2.34. The molecule has 2 heterocycles. The van der Waals surface area contributed by atoms with Crippen LogP contribution in [0.1, 0.15) is 48.9 Å². The molecule has 1 N–H and O–H groups in total. The van der Waals surface area contributed by atoms with Gasteiger partial charge in [0, 0.05) is 21.9 Å². The third-order valence-electron chi connectivity index (χ3n) is 6.23. The Morgan fingerprint density at radius 3 is 2.24 bits per heavy atom. The van der Waals surface area contributed by atoms with Crippen LogP contribution in [0.25, 0.3) is 21.9 Å². The van der Waals surface area contributed by atoms with E-state index in [-0.39, 0.29) is 22.8 Å². The Morgan fingerprint density at radius 2 is 1.47 bits per heavy atom. The zero-order valence-corrected chi connectivity index (χ0v) is 19.2. The second-order valence-corrected chi connectivity index (χ2v) is 8.54. The van der Waals surface area contributed by atoms with E-state index in [9.17, 15) is 14.0 Å². The van der Waals surface area contributed by atoms with E-state index in [1.54, 1.807) is 31.2 Å². The number of ketones is 1. The Balaban J connectivity index is 1.59. The molecule has 0 unspecified atom stereocenters. The molecule has 0 saturated heterocycles. The lowest BCUT2D eigenvalue weighted by atomic mass is 10.0. The summed E-state index contributed by atoms with van der Waals surface area (Å²) in [7, 11) is 0. The average molecular weight is 455 g/mol. The van der Waals surface area contributed by atoms with E-state index >= 15 is 0 Å². The number of benzene rings is 3. The van der Waals surface area contributed by atoms with E-state index in [1.165, 1.54) is 18.2 Å². The molecule has 0 bridgehead atoms. The van der Waals surface area contributed by atoms with E-state index in [2.05, 4.69) is 5.32 Å². The largest absolute Gasteiger partial charge is 0.451 e. The molecule has 170 valence electrons. The molecule has 6 heteroatoms. The molecule has 0 fully saturated rings. The van der Waals surface area contributed by atoms with Gasteiger partial charge >= 0.3 is 0 Å². The molecule has 0 atom stereocenters.